The van der Waals surface area contributed by atoms with Gasteiger partial charge in [0.25, 0.3) is 0 Å². The highest BCUT2D eigenvalue weighted by molar-refractivity contribution is 7.14. The first-order valence-electron chi connectivity index (χ1n) is 9.52. The third-order valence-electron chi connectivity index (χ3n) is 4.97. The molecule has 0 aliphatic carbocycles. The van der Waals surface area contributed by atoms with Gasteiger partial charge in [-0.25, -0.2) is 4.98 Å². The minimum absolute atomic E-state index is 0.0916. The number of halogens is 4. The third-order valence-corrected chi connectivity index (χ3v) is 7.01. The van der Waals surface area contributed by atoms with E-state index in [9.17, 15) is 4.79 Å². The molecule has 0 radical (unpaired) electrons. The third kappa shape index (κ3) is 5.64. The average Bonchev–Trinajstić information content (AvgIpc) is 3.18. The predicted molar refractivity (Wildman–Crippen MR) is 131 cm³/mol. The van der Waals surface area contributed by atoms with Gasteiger partial charge in [-0.1, -0.05) is 46.4 Å². The Morgan fingerprint density at radius 2 is 1.74 bits per heavy atom. The Balaban J connectivity index is 1.30. The van der Waals surface area contributed by atoms with E-state index in [1.807, 2.05) is 23.6 Å². The van der Waals surface area contributed by atoms with Crippen LogP contribution in [0.15, 0.2) is 41.8 Å². The summed E-state index contributed by atoms with van der Waals surface area (Å²) < 4.78 is 0. The molecule has 2 heterocycles. The monoisotopic (exact) mass is 514 g/mol. The lowest BCUT2D eigenvalue weighted by Gasteiger charge is -2.35. The summed E-state index contributed by atoms with van der Waals surface area (Å²) in [5.74, 6) is -0.0916. The van der Waals surface area contributed by atoms with Crippen LogP contribution in [-0.2, 0) is 4.79 Å². The summed E-state index contributed by atoms with van der Waals surface area (Å²) in [7, 11) is 0. The lowest BCUT2D eigenvalue weighted by Crippen LogP contribution is -2.48. The van der Waals surface area contributed by atoms with Crippen LogP contribution in [0.1, 0.15) is 0 Å². The van der Waals surface area contributed by atoms with Crippen LogP contribution >= 0.6 is 57.7 Å². The predicted octanol–water partition coefficient (Wildman–Crippen LogP) is 6.18. The maximum Gasteiger partial charge on any atom is 0.240 e. The van der Waals surface area contributed by atoms with E-state index in [1.165, 1.54) is 11.3 Å². The quantitative estimate of drug-likeness (QED) is 0.440. The molecular formula is C21H18Cl4N4OS. The zero-order chi connectivity index (χ0) is 22.0. The normalized spacial score (nSPS) is 14.6. The fourth-order valence-corrected chi connectivity index (χ4v) is 4.88. The van der Waals surface area contributed by atoms with Gasteiger partial charge in [0.05, 0.1) is 27.3 Å². The first-order chi connectivity index (χ1) is 14.9. The van der Waals surface area contributed by atoms with Crippen LogP contribution in [0, 0.1) is 0 Å². The summed E-state index contributed by atoms with van der Waals surface area (Å²) >= 11 is 25.7. The van der Waals surface area contributed by atoms with Crippen molar-refractivity contribution >= 4 is 74.5 Å². The van der Waals surface area contributed by atoms with Gasteiger partial charge in [0, 0.05) is 47.8 Å². The fraction of sp³-hybridized carbons (Fsp3) is 0.238. The van der Waals surface area contributed by atoms with E-state index in [2.05, 4.69) is 20.1 Å². The summed E-state index contributed by atoms with van der Waals surface area (Å²) in [4.78, 5) is 21.3. The largest absolute Gasteiger partial charge is 0.369 e. The Kier molecular flexibility index (Phi) is 7.26. The van der Waals surface area contributed by atoms with Gasteiger partial charge in [0.1, 0.15) is 0 Å². The van der Waals surface area contributed by atoms with Crippen LogP contribution < -0.4 is 10.2 Å². The molecule has 1 aromatic heterocycles. The molecule has 31 heavy (non-hydrogen) atoms. The number of rotatable bonds is 5. The van der Waals surface area contributed by atoms with Gasteiger partial charge in [-0.05, 0) is 36.4 Å². The van der Waals surface area contributed by atoms with E-state index in [4.69, 9.17) is 46.4 Å². The highest BCUT2D eigenvalue weighted by atomic mass is 35.5. The van der Waals surface area contributed by atoms with Crippen LogP contribution in [0.4, 0.5) is 10.8 Å². The second-order valence-electron chi connectivity index (χ2n) is 7.07. The number of thiazole rings is 1. The number of nitrogens with one attached hydrogen (secondary N) is 1. The van der Waals surface area contributed by atoms with Crippen molar-refractivity contribution in [1.82, 2.24) is 9.88 Å². The maximum atomic E-state index is 12.5. The summed E-state index contributed by atoms with van der Waals surface area (Å²) in [5.41, 5.74) is 2.52. The fourth-order valence-electron chi connectivity index (χ4n) is 3.36. The molecule has 0 bridgehead atoms. The van der Waals surface area contributed by atoms with Crippen molar-refractivity contribution in [3.8, 4) is 11.3 Å². The van der Waals surface area contributed by atoms with E-state index >= 15 is 0 Å². The van der Waals surface area contributed by atoms with Gasteiger partial charge < -0.3 is 10.2 Å². The standard InChI is InChI=1S/C21H18Cl4N4OS/c22-13-1-3-15(17(24)9-13)19-12-31-21(26-19)27-20(30)11-28-5-7-29(8-6-28)14-2-4-16(23)18(25)10-14/h1-4,9-10,12H,5-8,11H2,(H,26,27,30). The summed E-state index contributed by atoms with van der Waals surface area (Å²) in [6.45, 7) is 3.48. The number of piperazine rings is 1. The van der Waals surface area contributed by atoms with Crippen molar-refractivity contribution in [3.05, 3.63) is 61.9 Å². The minimum atomic E-state index is -0.0916. The van der Waals surface area contributed by atoms with Gasteiger partial charge in [0.15, 0.2) is 5.13 Å². The van der Waals surface area contributed by atoms with Crippen LogP contribution in [0.5, 0.6) is 0 Å². The van der Waals surface area contributed by atoms with E-state index in [0.29, 0.717) is 37.5 Å². The smallest absolute Gasteiger partial charge is 0.240 e. The molecule has 1 amide bonds. The van der Waals surface area contributed by atoms with Crippen LogP contribution in [0.25, 0.3) is 11.3 Å². The number of carbonyl (C=O) groups excluding carboxylic acids is 1. The molecule has 162 valence electrons. The molecule has 0 spiro atoms. The zero-order valence-corrected chi connectivity index (χ0v) is 20.1. The Hall–Kier alpha value is -1.54. The second kappa shape index (κ2) is 9.94. The molecule has 1 aliphatic heterocycles. The van der Waals surface area contributed by atoms with Crippen molar-refractivity contribution in [2.24, 2.45) is 0 Å². The molecule has 1 fully saturated rings. The SMILES string of the molecule is O=C(CN1CCN(c2ccc(Cl)c(Cl)c2)CC1)Nc1nc(-c2ccc(Cl)cc2Cl)cs1. The van der Waals surface area contributed by atoms with Crippen molar-refractivity contribution in [3.63, 3.8) is 0 Å². The number of nitrogens with zero attached hydrogens (tertiary/aromatic N) is 3. The van der Waals surface area contributed by atoms with E-state index in [0.717, 1.165) is 37.4 Å². The summed E-state index contributed by atoms with van der Waals surface area (Å²) in [6.07, 6.45) is 0. The molecule has 0 atom stereocenters. The maximum absolute atomic E-state index is 12.5. The highest BCUT2D eigenvalue weighted by Gasteiger charge is 2.20. The van der Waals surface area contributed by atoms with Crippen LogP contribution in [0.3, 0.4) is 0 Å². The molecular weight excluding hydrogens is 498 g/mol. The Bertz CT molecular complexity index is 1100. The number of anilines is 2. The molecule has 1 aliphatic rings. The van der Waals surface area contributed by atoms with E-state index in [1.54, 1.807) is 18.2 Å². The number of aromatic nitrogens is 1. The number of benzene rings is 2. The Morgan fingerprint density at radius 3 is 2.45 bits per heavy atom. The molecule has 3 aromatic rings. The minimum Gasteiger partial charge on any atom is -0.369 e. The molecule has 1 N–H and O–H groups in total. The summed E-state index contributed by atoms with van der Waals surface area (Å²) in [5, 5.41) is 7.46. The number of carbonyl (C=O) groups is 1. The van der Waals surface area contributed by atoms with Gasteiger partial charge >= 0.3 is 0 Å². The van der Waals surface area contributed by atoms with Crippen LogP contribution in [0.2, 0.25) is 20.1 Å². The first kappa shape index (κ1) is 22.6. The molecule has 4 rings (SSSR count). The van der Waals surface area contributed by atoms with Crippen molar-refractivity contribution in [2.45, 2.75) is 0 Å². The van der Waals surface area contributed by atoms with E-state index in [-0.39, 0.29) is 5.91 Å². The van der Waals surface area contributed by atoms with Gasteiger partial charge in [-0.3, -0.25) is 9.69 Å². The number of hydrogen-bond donors (Lipinski definition) is 1. The highest BCUT2D eigenvalue weighted by Crippen LogP contribution is 2.32. The van der Waals surface area contributed by atoms with Crippen LogP contribution in [-0.4, -0.2) is 48.5 Å². The Morgan fingerprint density at radius 1 is 0.968 bits per heavy atom. The van der Waals surface area contributed by atoms with Gasteiger partial charge in [-0.15, -0.1) is 11.3 Å². The molecule has 0 unspecified atom stereocenters. The van der Waals surface area contributed by atoms with Crippen molar-refractivity contribution < 1.29 is 4.79 Å². The molecule has 1 saturated heterocycles. The van der Waals surface area contributed by atoms with Gasteiger partial charge in [-0.2, -0.15) is 0 Å². The topological polar surface area (TPSA) is 48.5 Å². The number of amides is 1. The second-order valence-corrected chi connectivity index (χ2v) is 9.59. The lowest BCUT2D eigenvalue weighted by molar-refractivity contribution is -0.117. The first-order valence-corrected chi connectivity index (χ1v) is 11.9. The molecule has 0 saturated carbocycles. The zero-order valence-electron chi connectivity index (χ0n) is 16.2. The molecule has 5 nitrogen and oxygen atoms in total. The van der Waals surface area contributed by atoms with Gasteiger partial charge in [0.2, 0.25) is 5.91 Å². The lowest BCUT2D eigenvalue weighted by atomic mass is 10.2. The van der Waals surface area contributed by atoms with E-state index < -0.39 is 0 Å². The average molecular weight is 516 g/mol. The molecule has 2 aromatic carbocycles. The Labute approximate surface area is 204 Å². The summed E-state index contributed by atoms with van der Waals surface area (Å²) in [6, 6.07) is 10.9. The van der Waals surface area contributed by atoms with Crippen molar-refractivity contribution in [2.75, 3.05) is 42.9 Å². The van der Waals surface area contributed by atoms with Crippen molar-refractivity contribution in [1.29, 1.82) is 0 Å². The molecule has 10 heteroatoms. The number of hydrogen-bond acceptors (Lipinski definition) is 5.